The highest BCUT2D eigenvalue weighted by Crippen LogP contribution is 2.57. The number of phosphoric acid groups is 2. The first-order chi connectivity index (χ1) is 18.1. The number of ether oxygens (including phenoxy) is 1. The van der Waals surface area contributed by atoms with Crippen molar-refractivity contribution >= 4 is 32.8 Å². The molecule has 11 atom stereocenters. The van der Waals surface area contributed by atoms with Gasteiger partial charge in [0.2, 0.25) is 5.95 Å². The molecule has 22 heteroatoms. The molecule has 0 bridgehead atoms. The van der Waals surface area contributed by atoms with Crippen molar-refractivity contribution < 1.29 is 67.7 Å². The van der Waals surface area contributed by atoms with E-state index in [1.165, 1.54) is 0 Å². The van der Waals surface area contributed by atoms with Crippen molar-refractivity contribution in [3.05, 3.63) is 16.7 Å². The molecule has 39 heavy (non-hydrogen) atoms. The molecule has 2 aromatic heterocycles. The Kier molecular flexibility index (Phi) is 8.63. The number of nitrogens with two attached hydrogens (primary N) is 1. The molecular formula is C17H25N5O15P2-2. The van der Waals surface area contributed by atoms with Crippen LogP contribution in [0.4, 0.5) is 5.95 Å². The number of nitrogen functional groups attached to an aromatic ring is 1. The number of imidazole rings is 1. The lowest BCUT2D eigenvalue weighted by Crippen LogP contribution is -2.55. The molecule has 4 rings (SSSR count). The molecule has 7 unspecified atom stereocenters. The molecule has 1 aliphatic carbocycles. The maximum Gasteiger partial charge on any atom is 0.280 e. The minimum atomic E-state index is -5.78. The highest BCUT2D eigenvalue weighted by Gasteiger charge is 2.46. The molecule has 220 valence electrons. The van der Waals surface area contributed by atoms with Crippen LogP contribution < -0.4 is 21.1 Å². The number of H-pyrrole nitrogens is 1. The van der Waals surface area contributed by atoms with E-state index in [-0.39, 0.29) is 17.1 Å². The molecule has 1 saturated carbocycles. The van der Waals surface area contributed by atoms with E-state index < -0.39 is 95.7 Å². The summed E-state index contributed by atoms with van der Waals surface area (Å²) >= 11 is 0. The average Bonchev–Trinajstić information content (AvgIpc) is 3.38. The maximum absolute atomic E-state index is 12.2. The summed E-state index contributed by atoms with van der Waals surface area (Å²) in [6.07, 6.45) is -13.2. The van der Waals surface area contributed by atoms with E-state index in [2.05, 4.69) is 28.3 Å². The van der Waals surface area contributed by atoms with Gasteiger partial charge in [0.25, 0.3) is 21.2 Å². The lowest BCUT2D eigenvalue weighted by atomic mass is 9.81. The number of aromatic nitrogens is 4. The van der Waals surface area contributed by atoms with Gasteiger partial charge >= 0.3 is 0 Å². The largest absolute Gasteiger partial charge is 0.756 e. The van der Waals surface area contributed by atoms with E-state index in [0.29, 0.717) is 0 Å². The number of nitrogens with one attached hydrogen (secondary N) is 1. The van der Waals surface area contributed by atoms with E-state index in [0.717, 1.165) is 10.9 Å². The second-order valence-electron chi connectivity index (χ2n) is 8.89. The third kappa shape index (κ3) is 6.24. The Morgan fingerprint density at radius 2 is 1.79 bits per heavy atom. The van der Waals surface area contributed by atoms with Gasteiger partial charge in [0.15, 0.2) is 17.4 Å². The van der Waals surface area contributed by atoms with E-state index >= 15 is 0 Å². The van der Waals surface area contributed by atoms with Crippen LogP contribution in [0.15, 0.2) is 11.1 Å². The van der Waals surface area contributed by atoms with Crippen LogP contribution in [0.5, 0.6) is 0 Å². The lowest BCUT2D eigenvalue weighted by Gasteiger charge is -2.42. The van der Waals surface area contributed by atoms with Crippen LogP contribution in [-0.2, 0) is 27.2 Å². The highest BCUT2D eigenvalue weighted by molar-refractivity contribution is 7.59. The SMILES string of the molecule is Nc1nc2c(ncn2[C@@H]2O[C@H](COP(=O)([O-])OP(=O)([O-])O[C@H]3CC(CO)[C@H](O)C(O)C3O)C(O)C2O)c(=O)[nH]1. The summed E-state index contributed by atoms with van der Waals surface area (Å²) in [5.74, 6) is -1.38. The number of rotatable bonds is 9. The molecular weight excluding hydrogens is 576 g/mol. The van der Waals surface area contributed by atoms with Crippen LogP contribution >= 0.6 is 15.6 Å². The van der Waals surface area contributed by atoms with Crippen molar-refractivity contribution in [2.75, 3.05) is 18.9 Å². The van der Waals surface area contributed by atoms with Gasteiger partial charge in [-0.25, -0.2) is 9.29 Å². The van der Waals surface area contributed by atoms with Crippen LogP contribution in [0.25, 0.3) is 11.2 Å². The Bertz CT molecular complexity index is 1340. The molecule has 0 aromatic carbocycles. The van der Waals surface area contributed by atoms with E-state index in [1.807, 2.05) is 0 Å². The van der Waals surface area contributed by atoms with Crippen molar-refractivity contribution in [2.24, 2.45) is 5.92 Å². The molecule has 20 nitrogen and oxygen atoms in total. The third-order valence-corrected chi connectivity index (χ3v) is 8.85. The molecule has 0 radical (unpaired) electrons. The minimum absolute atomic E-state index is 0.123. The Hall–Kier alpha value is -1.87. The van der Waals surface area contributed by atoms with E-state index in [4.69, 9.17) is 10.5 Å². The summed E-state index contributed by atoms with van der Waals surface area (Å²) in [5, 5.41) is 59.5. The predicted octanol–water partition coefficient (Wildman–Crippen LogP) is -5.23. The first-order valence-corrected chi connectivity index (χ1v) is 14.1. The number of nitrogens with zero attached hydrogens (tertiary/aromatic N) is 3. The fraction of sp³-hybridized carbons (Fsp3) is 0.706. The van der Waals surface area contributed by atoms with Crippen molar-refractivity contribution in [3.63, 3.8) is 0 Å². The number of aromatic amines is 1. The number of fused-ring (bicyclic) bond motifs is 1. The monoisotopic (exact) mass is 601 g/mol. The first kappa shape index (κ1) is 30.1. The van der Waals surface area contributed by atoms with Crippen molar-refractivity contribution in [1.82, 2.24) is 19.5 Å². The molecule has 9 N–H and O–H groups in total. The van der Waals surface area contributed by atoms with Gasteiger partial charge in [-0.05, 0) is 6.42 Å². The van der Waals surface area contributed by atoms with Crippen LogP contribution in [0.1, 0.15) is 12.6 Å². The zero-order valence-corrected chi connectivity index (χ0v) is 21.4. The summed E-state index contributed by atoms with van der Waals surface area (Å²) in [7, 11) is -11.5. The fourth-order valence-corrected chi connectivity index (χ4v) is 6.48. The molecule has 2 fully saturated rings. The van der Waals surface area contributed by atoms with Gasteiger partial charge < -0.3 is 59.9 Å². The van der Waals surface area contributed by atoms with Crippen LogP contribution in [0.2, 0.25) is 0 Å². The topological polar surface area (TPSA) is 328 Å². The van der Waals surface area contributed by atoms with Gasteiger partial charge in [0.05, 0.1) is 25.1 Å². The Morgan fingerprint density at radius 1 is 1.10 bits per heavy atom. The molecule has 3 heterocycles. The zero-order valence-electron chi connectivity index (χ0n) is 19.6. The van der Waals surface area contributed by atoms with Crippen molar-refractivity contribution in [3.8, 4) is 0 Å². The standard InChI is InChI=1S/C17H27N5O15P2/c18-17-20-14-8(15(29)21-17)19-4-22(14)16-13(28)11(26)7(35-16)3-34-38(30,31)37-39(32,33)36-6-1-5(2-23)9(24)12(27)10(6)25/h4-7,9-13,16,23-28H,1-3H2,(H,30,31)(H,32,33)(H3,18,20,21,29)/p-2/t5?,6-,7+,9-,10?,11?,12?,13?,16+/m0/s1. The Morgan fingerprint density at radius 3 is 2.46 bits per heavy atom. The average molecular weight is 601 g/mol. The lowest BCUT2D eigenvalue weighted by molar-refractivity contribution is -0.254. The molecule has 0 spiro atoms. The van der Waals surface area contributed by atoms with Gasteiger partial charge in [-0.2, -0.15) is 4.98 Å². The number of anilines is 1. The number of aliphatic hydroxyl groups excluding tert-OH is 6. The molecule has 2 aliphatic rings. The quantitative estimate of drug-likeness (QED) is 0.124. The molecule has 1 aliphatic heterocycles. The maximum atomic E-state index is 12.2. The third-order valence-electron chi connectivity index (χ3n) is 6.26. The van der Waals surface area contributed by atoms with Gasteiger partial charge in [0.1, 0.15) is 30.5 Å². The van der Waals surface area contributed by atoms with Gasteiger partial charge in [-0.15, -0.1) is 0 Å². The zero-order chi connectivity index (χ0) is 28.9. The van der Waals surface area contributed by atoms with E-state index in [9.17, 15) is 54.4 Å². The summed E-state index contributed by atoms with van der Waals surface area (Å²) in [4.78, 5) is 46.2. The summed E-state index contributed by atoms with van der Waals surface area (Å²) in [5.41, 5.74) is 4.52. The summed E-state index contributed by atoms with van der Waals surface area (Å²) < 4.78 is 43.8. The summed E-state index contributed by atoms with van der Waals surface area (Å²) in [6, 6.07) is 0. The predicted molar refractivity (Wildman–Crippen MR) is 119 cm³/mol. The Labute approximate surface area is 217 Å². The van der Waals surface area contributed by atoms with Gasteiger partial charge in [0, 0.05) is 12.5 Å². The van der Waals surface area contributed by atoms with Crippen molar-refractivity contribution in [1.29, 1.82) is 0 Å². The number of aliphatic hydroxyl groups is 6. The van der Waals surface area contributed by atoms with Crippen LogP contribution in [0.3, 0.4) is 0 Å². The second-order valence-corrected chi connectivity index (χ2v) is 11.8. The minimum Gasteiger partial charge on any atom is -0.756 e. The molecule has 1 saturated heterocycles. The van der Waals surface area contributed by atoms with Crippen molar-refractivity contribution in [2.45, 2.75) is 55.4 Å². The molecule has 0 amide bonds. The summed E-state index contributed by atoms with van der Waals surface area (Å²) in [6.45, 7) is -1.76. The fourth-order valence-electron chi connectivity index (χ4n) is 4.29. The van der Waals surface area contributed by atoms with Gasteiger partial charge in [-0.3, -0.25) is 23.5 Å². The van der Waals surface area contributed by atoms with E-state index in [1.54, 1.807) is 0 Å². The normalized spacial score (nSPS) is 36.6. The highest BCUT2D eigenvalue weighted by atomic mass is 31.3. The van der Waals surface area contributed by atoms with Gasteiger partial charge in [-0.1, -0.05) is 0 Å². The second kappa shape index (κ2) is 11.2. The smallest absolute Gasteiger partial charge is 0.280 e. The van der Waals surface area contributed by atoms with Crippen LogP contribution in [0, 0.1) is 5.92 Å². The number of phosphoric ester groups is 2. The number of hydrogen-bond acceptors (Lipinski definition) is 18. The number of hydrogen-bond donors (Lipinski definition) is 8. The Balaban J connectivity index is 1.39. The molecule has 2 aromatic rings. The first-order valence-electron chi connectivity index (χ1n) is 11.2. The van der Waals surface area contributed by atoms with Crippen LogP contribution in [-0.4, -0.2) is 106 Å².